The number of piperazine rings is 1. The fraction of sp³-hybridized carbons (Fsp3) is 1.00. The summed E-state index contributed by atoms with van der Waals surface area (Å²) in [5.41, 5.74) is 0. The Labute approximate surface area is 147 Å². The molecule has 0 aromatic heterocycles. The summed E-state index contributed by atoms with van der Waals surface area (Å²) in [4.78, 5) is 7.09. The van der Waals surface area contributed by atoms with Crippen molar-refractivity contribution < 1.29 is 14.9 Å². The molecule has 2 rings (SSSR count). The number of aliphatic hydroxyl groups excluding tert-OH is 2. The SMILES string of the molecule is CC[C@@H]1CN(C[C@H](O)CN2C[C@H](C)O[C@@H](C)C2)CCN1C[C@@H](C)O. The molecule has 2 saturated heterocycles. The van der Waals surface area contributed by atoms with Crippen LogP contribution in [-0.2, 0) is 4.74 Å². The number of hydrogen-bond acceptors (Lipinski definition) is 6. The molecule has 2 aliphatic heterocycles. The van der Waals surface area contributed by atoms with Crippen molar-refractivity contribution in [2.45, 2.75) is 64.6 Å². The van der Waals surface area contributed by atoms with Gasteiger partial charge < -0.3 is 14.9 Å². The Morgan fingerprint density at radius 2 is 1.58 bits per heavy atom. The molecule has 0 aliphatic carbocycles. The quantitative estimate of drug-likeness (QED) is 0.690. The highest BCUT2D eigenvalue weighted by Gasteiger charge is 2.29. The third-order valence-corrected chi connectivity index (χ3v) is 5.09. The Hall–Kier alpha value is -0.240. The van der Waals surface area contributed by atoms with Crippen molar-refractivity contribution >= 4 is 0 Å². The smallest absolute Gasteiger partial charge is 0.0793 e. The molecule has 0 aromatic carbocycles. The van der Waals surface area contributed by atoms with E-state index in [-0.39, 0.29) is 24.4 Å². The molecule has 2 aliphatic rings. The van der Waals surface area contributed by atoms with E-state index in [0.29, 0.717) is 6.04 Å². The molecule has 2 heterocycles. The van der Waals surface area contributed by atoms with E-state index in [1.54, 1.807) is 0 Å². The predicted molar refractivity (Wildman–Crippen MR) is 96.2 cm³/mol. The first-order valence-electron chi connectivity index (χ1n) is 9.57. The molecule has 5 atom stereocenters. The van der Waals surface area contributed by atoms with Crippen LogP contribution < -0.4 is 0 Å². The van der Waals surface area contributed by atoms with E-state index in [9.17, 15) is 10.2 Å². The highest BCUT2D eigenvalue weighted by atomic mass is 16.5. The van der Waals surface area contributed by atoms with Gasteiger partial charge in [0, 0.05) is 58.4 Å². The van der Waals surface area contributed by atoms with Gasteiger partial charge >= 0.3 is 0 Å². The molecule has 0 aromatic rings. The molecule has 0 saturated carbocycles. The van der Waals surface area contributed by atoms with Crippen molar-refractivity contribution in [2.24, 2.45) is 0 Å². The van der Waals surface area contributed by atoms with Crippen LogP contribution in [0.5, 0.6) is 0 Å². The molecule has 0 unspecified atom stereocenters. The Morgan fingerprint density at radius 3 is 2.17 bits per heavy atom. The van der Waals surface area contributed by atoms with Gasteiger partial charge in [-0.2, -0.15) is 0 Å². The molecule has 24 heavy (non-hydrogen) atoms. The van der Waals surface area contributed by atoms with Crippen LogP contribution >= 0.6 is 0 Å². The fourth-order valence-electron chi connectivity index (χ4n) is 4.18. The number of rotatable bonds is 7. The van der Waals surface area contributed by atoms with Gasteiger partial charge in [0.2, 0.25) is 0 Å². The first-order valence-corrected chi connectivity index (χ1v) is 9.57. The van der Waals surface area contributed by atoms with Gasteiger partial charge in [-0.15, -0.1) is 0 Å². The molecule has 0 bridgehead atoms. The standard InChI is InChI=1S/C18H37N3O3/c1-5-17-11-19(6-7-21(17)8-14(2)22)12-18(23)13-20-9-15(3)24-16(4)10-20/h14-18,22-23H,5-13H2,1-4H3/t14-,15+,16+,17-,18+/m1/s1. The zero-order valence-corrected chi connectivity index (χ0v) is 15.9. The minimum atomic E-state index is -0.316. The minimum absolute atomic E-state index is 0.245. The van der Waals surface area contributed by atoms with Crippen LogP contribution in [0.3, 0.4) is 0 Å². The van der Waals surface area contributed by atoms with Gasteiger partial charge in [0.05, 0.1) is 24.4 Å². The van der Waals surface area contributed by atoms with Gasteiger partial charge in [0.15, 0.2) is 0 Å². The highest BCUT2D eigenvalue weighted by Crippen LogP contribution is 2.15. The Bertz CT molecular complexity index is 359. The third-order valence-electron chi connectivity index (χ3n) is 5.09. The lowest BCUT2D eigenvalue weighted by molar-refractivity contribution is -0.0792. The lowest BCUT2D eigenvalue weighted by Crippen LogP contribution is -2.56. The maximum absolute atomic E-state index is 10.5. The molecule has 6 nitrogen and oxygen atoms in total. The summed E-state index contributed by atoms with van der Waals surface area (Å²) in [6, 6.07) is 0.476. The number of nitrogens with zero attached hydrogens (tertiary/aromatic N) is 3. The number of morpholine rings is 1. The van der Waals surface area contributed by atoms with Crippen LogP contribution in [0, 0.1) is 0 Å². The van der Waals surface area contributed by atoms with Crippen molar-refractivity contribution in [3.8, 4) is 0 Å². The Morgan fingerprint density at radius 1 is 0.958 bits per heavy atom. The van der Waals surface area contributed by atoms with Crippen molar-refractivity contribution in [1.29, 1.82) is 0 Å². The molecule has 142 valence electrons. The van der Waals surface area contributed by atoms with Crippen LogP contribution in [0.4, 0.5) is 0 Å². The monoisotopic (exact) mass is 343 g/mol. The van der Waals surface area contributed by atoms with E-state index in [2.05, 4.69) is 35.5 Å². The summed E-state index contributed by atoms with van der Waals surface area (Å²) in [6.45, 7) is 15.2. The van der Waals surface area contributed by atoms with Gasteiger partial charge in [-0.1, -0.05) is 6.92 Å². The van der Waals surface area contributed by atoms with E-state index < -0.39 is 0 Å². The Kier molecular flexibility index (Phi) is 7.91. The maximum Gasteiger partial charge on any atom is 0.0793 e. The van der Waals surface area contributed by atoms with Gasteiger partial charge in [-0.3, -0.25) is 14.7 Å². The molecular formula is C18H37N3O3. The van der Waals surface area contributed by atoms with E-state index in [4.69, 9.17) is 4.74 Å². The van der Waals surface area contributed by atoms with E-state index in [1.165, 1.54) is 0 Å². The molecule has 0 spiro atoms. The first-order chi connectivity index (χ1) is 11.4. The average molecular weight is 344 g/mol. The summed E-state index contributed by atoms with van der Waals surface area (Å²) in [7, 11) is 0. The molecule has 2 N–H and O–H groups in total. The molecule has 0 amide bonds. The first kappa shape index (κ1) is 20.1. The number of ether oxygens (including phenoxy) is 1. The summed E-state index contributed by atoms with van der Waals surface area (Å²) in [5.74, 6) is 0. The summed E-state index contributed by atoms with van der Waals surface area (Å²) in [6.07, 6.45) is 0.978. The third kappa shape index (κ3) is 6.24. The molecule has 2 fully saturated rings. The summed E-state index contributed by atoms with van der Waals surface area (Å²) >= 11 is 0. The normalized spacial score (nSPS) is 33.5. The predicted octanol–water partition coefficient (Wildman–Crippen LogP) is 0.234. The summed E-state index contributed by atoms with van der Waals surface area (Å²) < 4.78 is 5.76. The topological polar surface area (TPSA) is 59.4 Å². The largest absolute Gasteiger partial charge is 0.392 e. The second-order valence-electron chi connectivity index (χ2n) is 7.80. The fourth-order valence-corrected chi connectivity index (χ4v) is 4.18. The van der Waals surface area contributed by atoms with Crippen LogP contribution in [-0.4, -0.2) is 108 Å². The zero-order chi connectivity index (χ0) is 17.7. The van der Waals surface area contributed by atoms with Crippen LogP contribution in [0.15, 0.2) is 0 Å². The van der Waals surface area contributed by atoms with Crippen molar-refractivity contribution in [3.05, 3.63) is 0 Å². The second-order valence-corrected chi connectivity index (χ2v) is 7.80. The number of β-amino-alcohol motifs (C(OH)–C–C–N with tert-alkyl or cyclic N) is 2. The van der Waals surface area contributed by atoms with E-state index in [0.717, 1.165) is 58.8 Å². The second kappa shape index (κ2) is 9.46. The average Bonchev–Trinajstić information content (AvgIpc) is 2.47. The van der Waals surface area contributed by atoms with Crippen molar-refractivity contribution in [3.63, 3.8) is 0 Å². The molecular weight excluding hydrogens is 306 g/mol. The van der Waals surface area contributed by atoms with Crippen molar-refractivity contribution in [1.82, 2.24) is 14.7 Å². The highest BCUT2D eigenvalue weighted by molar-refractivity contribution is 4.84. The lowest BCUT2D eigenvalue weighted by atomic mass is 10.1. The molecule has 6 heteroatoms. The Balaban J connectivity index is 1.76. The van der Waals surface area contributed by atoms with Crippen LogP contribution in [0.25, 0.3) is 0 Å². The van der Waals surface area contributed by atoms with Gasteiger partial charge in [-0.25, -0.2) is 0 Å². The number of hydrogen-bond donors (Lipinski definition) is 2. The maximum atomic E-state index is 10.5. The number of aliphatic hydroxyl groups is 2. The van der Waals surface area contributed by atoms with Crippen LogP contribution in [0.1, 0.15) is 34.1 Å². The lowest BCUT2D eigenvalue weighted by Gasteiger charge is -2.43. The van der Waals surface area contributed by atoms with Gasteiger partial charge in [0.25, 0.3) is 0 Å². The van der Waals surface area contributed by atoms with Crippen LogP contribution in [0.2, 0.25) is 0 Å². The van der Waals surface area contributed by atoms with Gasteiger partial charge in [0.1, 0.15) is 0 Å². The minimum Gasteiger partial charge on any atom is -0.392 e. The van der Waals surface area contributed by atoms with E-state index >= 15 is 0 Å². The van der Waals surface area contributed by atoms with E-state index in [1.807, 2.05) is 6.92 Å². The summed E-state index contributed by atoms with van der Waals surface area (Å²) in [5, 5.41) is 20.2. The van der Waals surface area contributed by atoms with Gasteiger partial charge in [-0.05, 0) is 27.2 Å². The molecule has 0 radical (unpaired) electrons. The van der Waals surface area contributed by atoms with Crippen molar-refractivity contribution in [2.75, 3.05) is 52.4 Å². The zero-order valence-electron chi connectivity index (χ0n) is 15.9.